The molecule has 0 atom stereocenters. The van der Waals surface area contributed by atoms with E-state index in [1.54, 1.807) is 0 Å². The first-order valence-corrected chi connectivity index (χ1v) is 17.8. The fourth-order valence-corrected chi connectivity index (χ4v) is 9.19. The molecule has 0 fully saturated rings. The summed E-state index contributed by atoms with van der Waals surface area (Å²) in [4.78, 5) is 0. The number of fused-ring (bicyclic) bond motifs is 10. The molecule has 0 spiro atoms. The van der Waals surface area contributed by atoms with E-state index in [2.05, 4.69) is 172 Å². The van der Waals surface area contributed by atoms with E-state index < -0.39 is 0 Å². The molecule has 9 aromatic carbocycles. The molecule has 1 nitrogen and oxygen atoms in total. The van der Waals surface area contributed by atoms with Gasteiger partial charge in [0, 0.05) is 10.8 Å². The Morgan fingerprint density at radius 3 is 1.61 bits per heavy atom. The molecule has 1 heterocycles. The topological polar surface area (TPSA) is 13.1 Å². The zero-order valence-corrected chi connectivity index (χ0v) is 28.4. The summed E-state index contributed by atoms with van der Waals surface area (Å²) in [5.41, 5.74) is 17.2. The maximum absolute atomic E-state index is 6.85. The Kier molecular flexibility index (Phi) is 5.86. The van der Waals surface area contributed by atoms with Gasteiger partial charge >= 0.3 is 0 Å². The normalized spacial score (nSPS) is 12.1. The number of hydrogen-bond donors (Lipinski definition) is 0. The van der Waals surface area contributed by atoms with Crippen molar-refractivity contribution in [2.75, 3.05) is 0 Å². The quantitative estimate of drug-likeness (QED) is 0.186. The van der Waals surface area contributed by atoms with Gasteiger partial charge < -0.3 is 4.42 Å². The van der Waals surface area contributed by atoms with E-state index in [1.807, 2.05) is 0 Å². The lowest BCUT2D eigenvalue weighted by Gasteiger charge is -2.20. The molecule has 0 amide bonds. The average Bonchev–Trinajstić information content (AvgIpc) is 3.71. The van der Waals surface area contributed by atoms with Crippen LogP contribution < -0.4 is 0 Å². The van der Waals surface area contributed by atoms with E-state index in [0.29, 0.717) is 0 Å². The summed E-state index contributed by atoms with van der Waals surface area (Å²) in [6, 6.07) is 57.9. The second-order valence-electron chi connectivity index (χ2n) is 14.0. The monoisotopic (exact) mass is 648 g/mol. The van der Waals surface area contributed by atoms with Gasteiger partial charge in [-0.25, -0.2) is 0 Å². The van der Waals surface area contributed by atoms with Crippen LogP contribution in [-0.4, -0.2) is 0 Å². The molecule has 0 aliphatic heterocycles. The maximum atomic E-state index is 6.85. The molecular formula is C50H32O. The highest BCUT2D eigenvalue weighted by Gasteiger charge is 2.32. The van der Waals surface area contributed by atoms with Crippen LogP contribution in [-0.2, 0) is 0 Å². The minimum Gasteiger partial charge on any atom is -0.456 e. The third-order valence-corrected chi connectivity index (χ3v) is 11.2. The van der Waals surface area contributed by atoms with Gasteiger partial charge in [-0.15, -0.1) is 0 Å². The SMILES string of the molecule is Cc1cccc(C)c1-c1ccc2c(ccc3oc4cc5c6c(cccc6c4c32)-c2c-5c(-c3ccccc3)c3ccccc3c2-c2ccccc2)c1. The summed E-state index contributed by atoms with van der Waals surface area (Å²) in [7, 11) is 0. The molecule has 0 radical (unpaired) electrons. The molecule has 51 heavy (non-hydrogen) atoms. The average molecular weight is 649 g/mol. The Labute approximate surface area is 296 Å². The van der Waals surface area contributed by atoms with Crippen LogP contribution in [0.25, 0.3) is 110 Å². The minimum absolute atomic E-state index is 0.925. The largest absolute Gasteiger partial charge is 0.456 e. The highest BCUT2D eigenvalue weighted by Crippen LogP contribution is 2.59. The standard InChI is InChI=1S/C50H32O/c1-29-13-11-14-30(2)43(29)34-23-25-35-33(27-34)24-26-41-47(35)48-38-21-12-22-39-46(38)40(28-42(48)51-41)50-45(32-17-7-4-8-18-32)37-20-10-9-19-36(37)44(49(39)50)31-15-5-3-6-16-31/h3-28H,1-2H3. The van der Waals surface area contributed by atoms with Crippen molar-refractivity contribution in [1.29, 1.82) is 0 Å². The van der Waals surface area contributed by atoms with Crippen LogP contribution >= 0.6 is 0 Å². The van der Waals surface area contributed by atoms with E-state index in [0.717, 1.165) is 11.2 Å². The number of hydrogen-bond acceptors (Lipinski definition) is 1. The number of rotatable bonds is 3. The third-order valence-electron chi connectivity index (χ3n) is 11.2. The molecule has 0 unspecified atom stereocenters. The van der Waals surface area contributed by atoms with Crippen LogP contribution in [0.15, 0.2) is 162 Å². The molecule has 1 aromatic heterocycles. The van der Waals surface area contributed by atoms with Gasteiger partial charge in [0.15, 0.2) is 0 Å². The molecule has 11 rings (SSSR count). The van der Waals surface area contributed by atoms with Crippen molar-refractivity contribution in [2.45, 2.75) is 13.8 Å². The molecule has 10 aromatic rings. The molecule has 1 heteroatoms. The molecule has 0 bridgehead atoms. The highest BCUT2D eigenvalue weighted by molar-refractivity contribution is 6.35. The fraction of sp³-hybridized carbons (Fsp3) is 0.0400. The molecule has 238 valence electrons. The zero-order valence-electron chi connectivity index (χ0n) is 28.4. The van der Waals surface area contributed by atoms with Gasteiger partial charge in [-0.3, -0.25) is 0 Å². The summed E-state index contributed by atoms with van der Waals surface area (Å²) in [5, 5.41) is 9.89. The van der Waals surface area contributed by atoms with Crippen LogP contribution in [0.3, 0.4) is 0 Å². The summed E-state index contributed by atoms with van der Waals surface area (Å²) in [6.07, 6.45) is 0. The summed E-state index contributed by atoms with van der Waals surface area (Å²) in [6.45, 7) is 4.41. The second-order valence-corrected chi connectivity index (χ2v) is 14.0. The van der Waals surface area contributed by atoms with E-state index in [1.165, 1.54) is 110 Å². The molecule has 1 aliphatic carbocycles. The Morgan fingerprint density at radius 1 is 0.333 bits per heavy atom. The van der Waals surface area contributed by atoms with Gasteiger partial charge in [0.25, 0.3) is 0 Å². The van der Waals surface area contributed by atoms with Gasteiger partial charge in [-0.05, 0) is 131 Å². The van der Waals surface area contributed by atoms with Crippen molar-refractivity contribution < 1.29 is 4.42 Å². The van der Waals surface area contributed by atoms with Crippen molar-refractivity contribution in [3.05, 3.63) is 169 Å². The van der Waals surface area contributed by atoms with Crippen molar-refractivity contribution >= 4 is 54.3 Å². The second kappa shape index (κ2) is 10.5. The van der Waals surface area contributed by atoms with Gasteiger partial charge in [0.2, 0.25) is 0 Å². The van der Waals surface area contributed by atoms with Crippen LogP contribution in [0.5, 0.6) is 0 Å². The van der Waals surface area contributed by atoms with Crippen molar-refractivity contribution in [2.24, 2.45) is 0 Å². The molecule has 1 aliphatic rings. The highest BCUT2D eigenvalue weighted by atomic mass is 16.3. The number of aryl methyl sites for hydroxylation is 2. The van der Waals surface area contributed by atoms with E-state index in [4.69, 9.17) is 4.42 Å². The van der Waals surface area contributed by atoms with Crippen molar-refractivity contribution in [3.8, 4) is 55.6 Å². The molecule has 0 saturated carbocycles. The van der Waals surface area contributed by atoms with Crippen molar-refractivity contribution in [3.63, 3.8) is 0 Å². The summed E-state index contributed by atoms with van der Waals surface area (Å²) in [5.74, 6) is 0. The van der Waals surface area contributed by atoms with Crippen molar-refractivity contribution in [1.82, 2.24) is 0 Å². The Bertz CT molecular complexity index is 3050. The van der Waals surface area contributed by atoms with Crippen LogP contribution in [0, 0.1) is 13.8 Å². The lowest BCUT2D eigenvalue weighted by molar-refractivity contribution is 0.669. The van der Waals surface area contributed by atoms with Gasteiger partial charge in [0.05, 0.1) is 0 Å². The summed E-state index contributed by atoms with van der Waals surface area (Å²) < 4.78 is 6.85. The van der Waals surface area contributed by atoms with Gasteiger partial charge in [-0.2, -0.15) is 0 Å². The first kappa shape index (κ1) is 28.4. The molecule has 0 N–H and O–H groups in total. The van der Waals surface area contributed by atoms with Gasteiger partial charge in [-0.1, -0.05) is 140 Å². The summed E-state index contributed by atoms with van der Waals surface area (Å²) >= 11 is 0. The Hall–Kier alpha value is -6.44. The molecular weight excluding hydrogens is 617 g/mol. The minimum atomic E-state index is 0.925. The number of benzene rings is 9. The predicted octanol–water partition coefficient (Wildman–Crippen LogP) is 14.3. The first-order chi connectivity index (χ1) is 25.2. The Balaban J connectivity index is 1.28. The van der Waals surface area contributed by atoms with E-state index >= 15 is 0 Å². The fourth-order valence-electron chi connectivity index (χ4n) is 9.19. The van der Waals surface area contributed by atoms with Crippen LogP contribution in [0.1, 0.15) is 11.1 Å². The first-order valence-electron chi connectivity index (χ1n) is 17.8. The van der Waals surface area contributed by atoms with E-state index in [9.17, 15) is 0 Å². The third kappa shape index (κ3) is 3.92. The molecule has 0 saturated heterocycles. The Morgan fingerprint density at radius 2 is 0.922 bits per heavy atom. The smallest absolute Gasteiger partial charge is 0.136 e. The number of furan rings is 1. The van der Waals surface area contributed by atoms with Gasteiger partial charge in [0.1, 0.15) is 11.2 Å². The predicted molar refractivity (Wildman–Crippen MR) is 216 cm³/mol. The maximum Gasteiger partial charge on any atom is 0.136 e. The lowest BCUT2D eigenvalue weighted by Crippen LogP contribution is -1.93. The van der Waals surface area contributed by atoms with E-state index in [-0.39, 0.29) is 0 Å². The van der Waals surface area contributed by atoms with Crippen LogP contribution in [0.2, 0.25) is 0 Å². The zero-order chi connectivity index (χ0) is 33.8. The lowest BCUT2D eigenvalue weighted by atomic mass is 9.82. The van der Waals surface area contributed by atoms with Crippen LogP contribution in [0.4, 0.5) is 0 Å².